The number of aliphatic hydroxyl groups excluding tert-OH is 1. The quantitative estimate of drug-likeness (QED) is 0.448. The third-order valence-electron chi connectivity index (χ3n) is 0.785. The maximum atomic E-state index is 8.55. The number of aliphatic hydroxyl groups is 1. The van der Waals surface area contributed by atoms with E-state index in [2.05, 4.69) is 4.74 Å². The molecule has 0 spiro atoms. The Kier molecular flexibility index (Phi) is 1.08. The Labute approximate surface area is 36.7 Å². The Morgan fingerprint density at radius 3 is 2.83 bits per heavy atom. The van der Waals surface area contributed by atoms with Gasteiger partial charge in [-0.3, -0.25) is 0 Å². The van der Waals surface area contributed by atoms with Gasteiger partial charge in [-0.15, -0.1) is 0 Å². The predicted octanol–water partition coefficient (Wildman–Crippen LogP) is -0.0706. The molecule has 0 bridgehead atoms. The van der Waals surface area contributed by atoms with Crippen LogP contribution < -0.4 is 0 Å². The Balaban J connectivity index is 2.18. The molecule has 1 aliphatic heterocycles. The van der Waals surface area contributed by atoms with E-state index in [1.165, 1.54) is 6.61 Å². The number of rotatable bonds is 0. The van der Waals surface area contributed by atoms with Crippen molar-refractivity contribution in [2.75, 3.05) is 6.61 Å². The average Bonchev–Trinajstić information content (AvgIpc) is 1.86. The van der Waals surface area contributed by atoms with E-state index in [-0.39, 0.29) is 6.10 Å². The fraction of sp³-hybridized carbons (Fsp3) is 0.750. The maximum Gasteiger partial charge on any atom is 0.112 e. The van der Waals surface area contributed by atoms with E-state index in [1.807, 2.05) is 0 Å². The Hall–Kier alpha value is -0.0800. The third kappa shape index (κ3) is 0.698. The summed E-state index contributed by atoms with van der Waals surface area (Å²) in [6.07, 6.45) is 0.463. The van der Waals surface area contributed by atoms with E-state index >= 15 is 0 Å². The monoisotopic (exact) mass is 87.0 g/mol. The summed E-state index contributed by atoms with van der Waals surface area (Å²) < 4.78 is 4.68. The molecule has 1 N–H and O–H groups in total. The van der Waals surface area contributed by atoms with Crippen molar-refractivity contribution >= 4 is 0 Å². The van der Waals surface area contributed by atoms with Crippen LogP contribution in [0.25, 0.3) is 0 Å². The Morgan fingerprint density at radius 1 is 1.83 bits per heavy atom. The molecule has 0 aromatic carbocycles. The van der Waals surface area contributed by atoms with Gasteiger partial charge in [0.15, 0.2) is 0 Å². The van der Waals surface area contributed by atoms with Crippen molar-refractivity contribution in [1.29, 1.82) is 0 Å². The van der Waals surface area contributed by atoms with E-state index < -0.39 is 0 Å². The Morgan fingerprint density at radius 2 is 2.67 bits per heavy atom. The van der Waals surface area contributed by atoms with Crippen LogP contribution in [-0.2, 0) is 4.74 Å². The molecular weight excluding hydrogens is 80.0 g/mol. The van der Waals surface area contributed by atoms with Crippen molar-refractivity contribution in [3.63, 3.8) is 0 Å². The lowest BCUT2D eigenvalue weighted by molar-refractivity contribution is 0.183. The van der Waals surface area contributed by atoms with E-state index in [0.29, 0.717) is 6.61 Å². The van der Waals surface area contributed by atoms with Crippen LogP contribution in [0.2, 0.25) is 0 Å². The molecule has 35 valence electrons. The van der Waals surface area contributed by atoms with Crippen LogP contribution in [0, 0.1) is 6.61 Å². The molecule has 1 fully saturated rings. The normalized spacial score (nSPS) is 34.5. The van der Waals surface area contributed by atoms with Crippen molar-refractivity contribution in [2.45, 2.75) is 12.5 Å². The summed E-state index contributed by atoms with van der Waals surface area (Å²) in [7, 11) is 0. The molecular formula is C4H7O2. The molecule has 0 saturated carbocycles. The molecule has 1 aliphatic rings. The number of hydrogen-bond donors (Lipinski definition) is 1. The summed E-state index contributed by atoms with van der Waals surface area (Å²) in [6, 6.07) is 0. The molecule has 1 atom stereocenters. The minimum Gasteiger partial charge on any atom is -0.390 e. The highest BCUT2D eigenvalue weighted by atomic mass is 16.5. The van der Waals surface area contributed by atoms with Crippen LogP contribution in [0.3, 0.4) is 0 Å². The Bertz CT molecular complexity index is 38.8. The van der Waals surface area contributed by atoms with Crippen molar-refractivity contribution in [2.24, 2.45) is 0 Å². The summed E-state index contributed by atoms with van der Waals surface area (Å²) in [6.45, 7) is 2.14. The van der Waals surface area contributed by atoms with Crippen molar-refractivity contribution < 1.29 is 9.84 Å². The highest BCUT2D eigenvalue weighted by Crippen LogP contribution is 2.05. The van der Waals surface area contributed by atoms with Crippen molar-refractivity contribution in [3.05, 3.63) is 6.61 Å². The molecule has 1 saturated heterocycles. The van der Waals surface area contributed by atoms with Crippen LogP contribution in [0.5, 0.6) is 0 Å². The molecule has 1 rings (SSSR count). The lowest BCUT2D eigenvalue weighted by Crippen LogP contribution is -1.96. The highest BCUT2D eigenvalue weighted by Gasteiger charge is 2.10. The topological polar surface area (TPSA) is 29.5 Å². The SMILES string of the molecule is O[C@H]1[CH]OCC1. The van der Waals surface area contributed by atoms with Gasteiger partial charge in [-0.1, -0.05) is 0 Å². The van der Waals surface area contributed by atoms with Crippen LogP contribution in [0.4, 0.5) is 0 Å². The molecule has 0 aromatic heterocycles. The minimum absolute atomic E-state index is 0.301. The summed E-state index contributed by atoms with van der Waals surface area (Å²) in [5.41, 5.74) is 0. The third-order valence-corrected chi connectivity index (χ3v) is 0.785. The molecule has 2 nitrogen and oxygen atoms in total. The van der Waals surface area contributed by atoms with E-state index in [4.69, 9.17) is 5.11 Å². The molecule has 0 unspecified atom stereocenters. The van der Waals surface area contributed by atoms with Gasteiger partial charge in [0.1, 0.15) is 6.61 Å². The van der Waals surface area contributed by atoms with Crippen molar-refractivity contribution in [1.82, 2.24) is 0 Å². The van der Waals surface area contributed by atoms with Crippen LogP contribution >= 0.6 is 0 Å². The second kappa shape index (κ2) is 1.58. The van der Waals surface area contributed by atoms with Crippen LogP contribution in [0.15, 0.2) is 0 Å². The fourth-order valence-electron chi connectivity index (χ4n) is 0.436. The van der Waals surface area contributed by atoms with Gasteiger partial charge >= 0.3 is 0 Å². The first-order valence-corrected chi connectivity index (χ1v) is 2.02. The first-order valence-electron chi connectivity index (χ1n) is 2.02. The zero-order valence-electron chi connectivity index (χ0n) is 3.42. The first kappa shape index (κ1) is 4.09. The summed E-state index contributed by atoms with van der Waals surface area (Å²) >= 11 is 0. The molecule has 0 aliphatic carbocycles. The second-order valence-corrected chi connectivity index (χ2v) is 1.36. The van der Waals surface area contributed by atoms with E-state index in [9.17, 15) is 0 Å². The molecule has 0 amide bonds. The summed E-state index contributed by atoms with van der Waals surface area (Å²) in [4.78, 5) is 0. The fourth-order valence-corrected chi connectivity index (χ4v) is 0.436. The number of ether oxygens (including phenoxy) is 1. The molecule has 1 heterocycles. The van der Waals surface area contributed by atoms with E-state index in [1.54, 1.807) is 0 Å². The molecule has 1 radical (unpaired) electrons. The molecule has 2 heteroatoms. The van der Waals surface area contributed by atoms with Gasteiger partial charge in [-0.2, -0.15) is 0 Å². The predicted molar refractivity (Wildman–Crippen MR) is 20.9 cm³/mol. The van der Waals surface area contributed by atoms with Crippen LogP contribution in [0.1, 0.15) is 6.42 Å². The first-order chi connectivity index (χ1) is 2.89. The zero-order valence-corrected chi connectivity index (χ0v) is 3.42. The largest absolute Gasteiger partial charge is 0.390 e. The summed E-state index contributed by atoms with van der Waals surface area (Å²) in [5, 5.41) is 8.55. The minimum atomic E-state index is -0.301. The van der Waals surface area contributed by atoms with Gasteiger partial charge in [0.2, 0.25) is 0 Å². The van der Waals surface area contributed by atoms with Gasteiger partial charge in [0, 0.05) is 6.61 Å². The standard InChI is InChI=1S/C4H7O2/c5-4-1-2-6-3-4/h3-5H,1-2H2/t4-/m1/s1. The number of hydrogen-bond acceptors (Lipinski definition) is 2. The lowest BCUT2D eigenvalue weighted by atomic mass is 10.3. The molecule has 6 heavy (non-hydrogen) atoms. The van der Waals surface area contributed by atoms with Gasteiger partial charge < -0.3 is 9.84 Å². The smallest absolute Gasteiger partial charge is 0.112 e. The van der Waals surface area contributed by atoms with Gasteiger partial charge in [-0.05, 0) is 6.42 Å². The second-order valence-electron chi connectivity index (χ2n) is 1.36. The lowest BCUT2D eigenvalue weighted by Gasteiger charge is -1.88. The maximum absolute atomic E-state index is 8.55. The van der Waals surface area contributed by atoms with Gasteiger partial charge in [0.25, 0.3) is 0 Å². The van der Waals surface area contributed by atoms with Gasteiger partial charge in [-0.25, -0.2) is 0 Å². The van der Waals surface area contributed by atoms with Crippen molar-refractivity contribution in [3.8, 4) is 0 Å². The van der Waals surface area contributed by atoms with Gasteiger partial charge in [0.05, 0.1) is 6.10 Å². The average molecular weight is 87.1 g/mol. The molecule has 0 aromatic rings. The van der Waals surface area contributed by atoms with E-state index in [0.717, 1.165) is 6.42 Å². The highest BCUT2D eigenvalue weighted by molar-refractivity contribution is 4.70. The zero-order chi connectivity index (χ0) is 4.41. The summed E-state index contributed by atoms with van der Waals surface area (Å²) in [5.74, 6) is 0. The van der Waals surface area contributed by atoms with Crippen LogP contribution in [-0.4, -0.2) is 17.8 Å².